The molecule has 1 atom stereocenters. The number of rotatable bonds is 3. The molecule has 0 spiro atoms. The first-order valence-electron chi connectivity index (χ1n) is 6.08. The van der Waals surface area contributed by atoms with Gasteiger partial charge in [-0.25, -0.2) is 9.59 Å². The minimum Gasteiger partial charge on any atom is -0.464 e. The third-order valence-electron chi connectivity index (χ3n) is 2.74. The molecule has 1 rings (SSSR count). The summed E-state index contributed by atoms with van der Waals surface area (Å²) in [4.78, 5) is 23.6. The van der Waals surface area contributed by atoms with Crippen molar-refractivity contribution in [1.82, 2.24) is 5.32 Å². The van der Waals surface area contributed by atoms with Crippen LogP contribution in [0.4, 0.5) is 4.79 Å². The molecule has 1 saturated carbocycles. The maximum absolute atomic E-state index is 11.9. The summed E-state index contributed by atoms with van der Waals surface area (Å²) in [5.41, 5.74) is -1.05. The van der Waals surface area contributed by atoms with Gasteiger partial charge in [-0.15, -0.1) is 0 Å². The van der Waals surface area contributed by atoms with Crippen LogP contribution in [-0.2, 0) is 14.3 Å². The molecule has 0 bridgehead atoms. The monoisotopic (exact) mass is 255 g/mol. The molecule has 0 aromatic heterocycles. The summed E-state index contributed by atoms with van der Waals surface area (Å²) in [5.74, 6) is -0.466. The number of nitrogens with one attached hydrogen (secondary N) is 1. The van der Waals surface area contributed by atoms with Crippen molar-refractivity contribution in [3.8, 4) is 0 Å². The van der Waals surface area contributed by atoms with E-state index in [1.165, 1.54) is 0 Å². The number of esters is 1. The predicted molar refractivity (Wildman–Crippen MR) is 67.1 cm³/mol. The number of alkyl carbamates (subject to hydrolysis) is 1. The van der Waals surface area contributed by atoms with Crippen molar-refractivity contribution in [3.63, 3.8) is 0 Å². The number of carbonyl (C=O) groups is 2. The van der Waals surface area contributed by atoms with Crippen molar-refractivity contribution in [2.24, 2.45) is 0 Å². The van der Waals surface area contributed by atoms with Crippen molar-refractivity contribution in [3.05, 3.63) is 12.2 Å². The van der Waals surface area contributed by atoms with Gasteiger partial charge in [0.15, 0.2) is 5.54 Å². The lowest BCUT2D eigenvalue weighted by atomic mass is 9.72. The topological polar surface area (TPSA) is 64.6 Å². The fourth-order valence-electron chi connectivity index (χ4n) is 1.73. The van der Waals surface area contributed by atoms with Crippen molar-refractivity contribution in [2.45, 2.75) is 51.7 Å². The first-order valence-corrected chi connectivity index (χ1v) is 6.08. The van der Waals surface area contributed by atoms with Crippen molar-refractivity contribution >= 4 is 12.1 Å². The largest absolute Gasteiger partial charge is 0.464 e. The highest BCUT2D eigenvalue weighted by Crippen LogP contribution is 2.38. The van der Waals surface area contributed by atoms with Crippen LogP contribution in [0.3, 0.4) is 0 Å². The third kappa shape index (κ3) is 3.03. The van der Waals surface area contributed by atoms with Gasteiger partial charge < -0.3 is 14.8 Å². The van der Waals surface area contributed by atoms with Crippen LogP contribution in [0, 0.1) is 0 Å². The van der Waals surface area contributed by atoms with Gasteiger partial charge in [-0.1, -0.05) is 6.58 Å². The molecule has 1 fully saturated rings. The van der Waals surface area contributed by atoms with Crippen LogP contribution in [0.2, 0.25) is 0 Å². The van der Waals surface area contributed by atoms with Crippen molar-refractivity contribution in [1.29, 1.82) is 0 Å². The van der Waals surface area contributed by atoms with Crippen LogP contribution in [0.15, 0.2) is 12.2 Å². The Balaban J connectivity index is 2.73. The Morgan fingerprint density at radius 3 is 2.39 bits per heavy atom. The zero-order chi connectivity index (χ0) is 14.0. The molecule has 0 aliphatic heterocycles. The first-order chi connectivity index (χ1) is 8.21. The summed E-state index contributed by atoms with van der Waals surface area (Å²) in [6, 6.07) is 0. The molecule has 18 heavy (non-hydrogen) atoms. The number of amides is 1. The van der Waals surface area contributed by atoms with Crippen LogP contribution in [0.1, 0.15) is 40.5 Å². The number of carbonyl (C=O) groups excluding carboxylic acids is 2. The second kappa shape index (κ2) is 5.00. The van der Waals surface area contributed by atoms with Gasteiger partial charge in [-0.2, -0.15) is 0 Å². The maximum Gasteiger partial charge on any atom is 0.408 e. The zero-order valence-electron chi connectivity index (χ0n) is 11.5. The number of hydrogen-bond donors (Lipinski definition) is 1. The Labute approximate surface area is 108 Å². The summed E-state index contributed by atoms with van der Waals surface area (Å²) in [5, 5.41) is 2.59. The summed E-state index contributed by atoms with van der Waals surface area (Å²) in [6.07, 6.45) is 0.579. The molecule has 0 heterocycles. The Hall–Kier alpha value is -1.52. The predicted octanol–water partition coefficient (Wildman–Crippen LogP) is 2.16. The highest BCUT2D eigenvalue weighted by Gasteiger charge is 2.50. The van der Waals surface area contributed by atoms with Gasteiger partial charge in [-0.05, 0) is 46.1 Å². The Bertz CT molecular complexity index is 370. The Kier molecular flexibility index (Phi) is 4.04. The number of hydrogen-bond acceptors (Lipinski definition) is 4. The molecule has 1 amide bonds. The average molecular weight is 255 g/mol. The molecule has 0 radical (unpaired) electrons. The van der Waals surface area contributed by atoms with E-state index in [-0.39, 0.29) is 6.61 Å². The standard InChI is InChI=1S/C13H21NO4/c1-6-17-10(15)13(8-7-9(13)2)14-11(16)18-12(3,4)5/h2,6-8H2,1,3-5H3,(H,14,16). The van der Waals surface area contributed by atoms with E-state index in [1.807, 2.05) is 0 Å². The third-order valence-corrected chi connectivity index (χ3v) is 2.74. The van der Waals surface area contributed by atoms with Gasteiger partial charge >= 0.3 is 12.1 Å². The van der Waals surface area contributed by atoms with Crippen LogP contribution in [0.25, 0.3) is 0 Å². The minimum atomic E-state index is -1.10. The van der Waals surface area contributed by atoms with E-state index >= 15 is 0 Å². The normalized spacial score (nSPS) is 23.0. The number of ether oxygens (including phenoxy) is 2. The lowest BCUT2D eigenvalue weighted by Crippen LogP contribution is -2.61. The lowest BCUT2D eigenvalue weighted by molar-refractivity contribution is -0.151. The van der Waals surface area contributed by atoms with E-state index < -0.39 is 23.2 Å². The molecular formula is C13H21NO4. The van der Waals surface area contributed by atoms with E-state index in [0.717, 1.165) is 0 Å². The molecule has 0 aromatic carbocycles. The molecule has 102 valence electrons. The van der Waals surface area contributed by atoms with Gasteiger partial charge in [-0.3, -0.25) is 0 Å². The van der Waals surface area contributed by atoms with E-state index in [9.17, 15) is 9.59 Å². The highest BCUT2D eigenvalue weighted by molar-refractivity contribution is 5.91. The second-order valence-electron chi connectivity index (χ2n) is 5.36. The minimum absolute atomic E-state index is 0.268. The molecule has 1 unspecified atom stereocenters. The second-order valence-corrected chi connectivity index (χ2v) is 5.36. The molecule has 0 aromatic rings. The Morgan fingerprint density at radius 1 is 1.44 bits per heavy atom. The van der Waals surface area contributed by atoms with E-state index in [4.69, 9.17) is 9.47 Å². The fraction of sp³-hybridized carbons (Fsp3) is 0.692. The average Bonchev–Trinajstić information content (AvgIpc) is 2.21. The van der Waals surface area contributed by atoms with Gasteiger partial charge in [0.25, 0.3) is 0 Å². The molecule has 5 heteroatoms. The van der Waals surface area contributed by atoms with E-state index in [0.29, 0.717) is 18.4 Å². The summed E-state index contributed by atoms with van der Waals surface area (Å²) < 4.78 is 10.1. The van der Waals surface area contributed by atoms with Crippen LogP contribution in [0.5, 0.6) is 0 Å². The van der Waals surface area contributed by atoms with Crippen LogP contribution < -0.4 is 5.32 Å². The highest BCUT2D eigenvalue weighted by atomic mass is 16.6. The van der Waals surface area contributed by atoms with Gasteiger partial charge in [0.1, 0.15) is 5.60 Å². The van der Waals surface area contributed by atoms with Crippen LogP contribution in [-0.4, -0.2) is 29.8 Å². The van der Waals surface area contributed by atoms with Crippen molar-refractivity contribution < 1.29 is 19.1 Å². The van der Waals surface area contributed by atoms with Gasteiger partial charge in [0.05, 0.1) is 6.61 Å². The molecule has 1 aliphatic carbocycles. The molecular weight excluding hydrogens is 234 g/mol. The quantitative estimate of drug-likeness (QED) is 0.620. The smallest absolute Gasteiger partial charge is 0.408 e. The van der Waals surface area contributed by atoms with Crippen LogP contribution >= 0.6 is 0 Å². The molecule has 1 aliphatic rings. The fourth-order valence-corrected chi connectivity index (χ4v) is 1.73. The Morgan fingerprint density at radius 2 is 2.06 bits per heavy atom. The molecule has 5 nitrogen and oxygen atoms in total. The van der Waals surface area contributed by atoms with Gasteiger partial charge in [0.2, 0.25) is 0 Å². The maximum atomic E-state index is 11.9. The molecule has 0 saturated heterocycles. The first kappa shape index (κ1) is 14.5. The SMILES string of the molecule is C=C1CCC1(NC(=O)OC(C)(C)C)C(=O)OCC. The summed E-state index contributed by atoms with van der Waals surface area (Å²) in [6.45, 7) is 11.1. The summed E-state index contributed by atoms with van der Waals surface area (Å²) >= 11 is 0. The van der Waals surface area contributed by atoms with E-state index in [2.05, 4.69) is 11.9 Å². The zero-order valence-corrected chi connectivity index (χ0v) is 11.5. The van der Waals surface area contributed by atoms with Crippen molar-refractivity contribution in [2.75, 3.05) is 6.61 Å². The lowest BCUT2D eigenvalue weighted by Gasteiger charge is -2.42. The van der Waals surface area contributed by atoms with Gasteiger partial charge in [0, 0.05) is 0 Å². The molecule has 1 N–H and O–H groups in total. The van der Waals surface area contributed by atoms with E-state index in [1.54, 1.807) is 27.7 Å². The summed E-state index contributed by atoms with van der Waals surface area (Å²) in [7, 11) is 0.